The fourth-order valence-corrected chi connectivity index (χ4v) is 1.69. The highest BCUT2D eigenvalue weighted by Crippen LogP contribution is 2.24. The molecule has 1 aromatic carbocycles. The van der Waals surface area contributed by atoms with Crippen molar-refractivity contribution in [1.29, 1.82) is 10.8 Å². The highest BCUT2D eigenvalue weighted by Gasteiger charge is 2.07. The van der Waals surface area contributed by atoms with Crippen LogP contribution in [0, 0.1) is 52.4 Å². The monoisotopic (exact) mass is 248 g/mol. The lowest BCUT2D eigenvalue weighted by Gasteiger charge is -2.15. The van der Waals surface area contributed by atoms with Gasteiger partial charge < -0.3 is 0 Å². The molecule has 1 aromatic rings. The molecule has 0 radical (unpaired) electrons. The van der Waals surface area contributed by atoms with Crippen LogP contribution in [0.1, 0.15) is 33.4 Å². The molecule has 0 atom stereocenters. The van der Waals surface area contributed by atoms with Gasteiger partial charge in [-0.05, 0) is 74.9 Å². The second kappa shape index (κ2) is 9.06. The van der Waals surface area contributed by atoms with Crippen molar-refractivity contribution in [3.8, 4) is 0 Å². The van der Waals surface area contributed by atoms with Gasteiger partial charge >= 0.3 is 0 Å². The molecule has 4 heteroatoms. The molecular formula is C14H20N2O2. The first-order valence-electron chi connectivity index (χ1n) is 5.41. The van der Waals surface area contributed by atoms with E-state index in [1.807, 2.05) is 0 Å². The highest BCUT2D eigenvalue weighted by atomic mass is 16.1. The van der Waals surface area contributed by atoms with Gasteiger partial charge in [0.15, 0.2) is 0 Å². The Balaban J connectivity index is 0. The van der Waals surface area contributed by atoms with Crippen molar-refractivity contribution in [2.24, 2.45) is 0 Å². The zero-order chi connectivity index (χ0) is 14.9. The number of isocyanates is 2. The number of rotatable bonds is 0. The largest absolute Gasteiger partial charge is 0.231 e. The van der Waals surface area contributed by atoms with Gasteiger partial charge in [0, 0.05) is 0 Å². The normalized spacial score (nSPS) is 7.89. The second-order valence-electron chi connectivity index (χ2n) is 3.95. The average Bonchev–Trinajstić information content (AvgIpc) is 2.34. The van der Waals surface area contributed by atoms with Gasteiger partial charge in [-0.25, -0.2) is 20.4 Å². The predicted molar refractivity (Wildman–Crippen MR) is 71.7 cm³/mol. The van der Waals surface area contributed by atoms with Crippen LogP contribution in [0.15, 0.2) is 0 Å². The van der Waals surface area contributed by atoms with E-state index in [1.165, 1.54) is 33.4 Å². The Morgan fingerprint density at radius 3 is 0.667 bits per heavy atom. The minimum atomic E-state index is 0.750. The fraction of sp³-hybridized carbons (Fsp3) is 0.429. The van der Waals surface area contributed by atoms with Crippen molar-refractivity contribution in [2.45, 2.75) is 41.5 Å². The molecule has 0 bridgehead atoms. The summed E-state index contributed by atoms with van der Waals surface area (Å²) in [5.41, 5.74) is 8.73. The third-order valence-electron chi connectivity index (χ3n) is 3.38. The summed E-state index contributed by atoms with van der Waals surface area (Å²) in [7, 11) is 0. The van der Waals surface area contributed by atoms with Crippen LogP contribution < -0.4 is 0 Å². The summed E-state index contributed by atoms with van der Waals surface area (Å²) in [5.74, 6) is 0. The van der Waals surface area contributed by atoms with Gasteiger partial charge in [0.1, 0.15) is 0 Å². The van der Waals surface area contributed by atoms with E-state index in [0.717, 1.165) is 12.2 Å². The maximum absolute atomic E-state index is 8.35. The van der Waals surface area contributed by atoms with Crippen LogP contribution >= 0.6 is 0 Å². The highest BCUT2D eigenvalue weighted by molar-refractivity contribution is 5.48. The Hall–Kier alpha value is -2.02. The Kier molecular flexibility index (Phi) is 9.23. The lowest BCUT2D eigenvalue weighted by Crippen LogP contribution is -1.98. The van der Waals surface area contributed by atoms with Crippen molar-refractivity contribution < 1.29 is 9.59 Å². The molecule has 18 heavy (non-hydrogen) atoms. The molecule has 0 aromatic heterocycles. The van der Waals surface area contributed by atoms with Crippen molar-refractivity contribution in [3.05, 3.63) is 33.4 Å². The smallest absolute Gasteiger partial charge is 0.222 e. The van der Waals surface area contributed by atoms with Gasteiger partial charge in [-0.15, -0.1) is 0 Å². The number of benzene rings is 1. The van der Waals surface area contributed by atoms with E-state index in [9.17, 15) is 0 Å². The average molecular weight is 248 g/mol. The molecule has 0 saturated heterocycles. The molecule has 0 unspecified atom stereocenters. The summed E-state index contributed by atoms with van der Waals surface area (Å²) < 4.78 is 0. The van der Waals surface area contributed by atoms with Gasteiger partial charge in [0.2, 0.25) is 12.2 Å². The topological polar surface area (TPSA) is 81.8 Å². The Labute approximate surface area is 108 Å². The van der Waals surface area contributed by atoms with E-state index in [1.54, 1.807) is 0 Å². The van der Waals surface area contributed by atoms with Crippen LogP contribution in [-0.2, 0) is 9.59 Å². The molecule has 2 N–H and O–H groups in total. The van der Waals surface area contributed by atoms with Crippen molar-refractivity contribution in [1.82, 2.24) is 0 Å². The van der Waals surface area contributed by atoms with E-state index in [-0.39, 0.29) is 0 Å². The van der Waals surface area contributed by atoms with E-state index in [4.69, 9.17) is 20.4 Å². The van der Waals surface area contributed by atoms with Crippen LogP contribution in [0.4, 0.5) is 0 Å². The Morgan fingerprint density at radius 1 is 0.556 bits per heavy atom. The molecule has 98 valence electrons. The summed E-state index contributed by atoms with van der Waals surface area (Å²) >= 11 is 0. The molecule has 0 spiro atoms. The van der Waals surface area contributed by atoms with Crippen molar-refractivity contribution in [2.75, 3.05) is 0 Å². The molecule has 0 aliphatic rings. The maximum atomic E-state index is 8.35. The molecule has 0 saturated carbocycles. The second-order valence-corrected chi connectivity index (χ2v) is 3.95. The number of carbonyl (C=O) groups excluding carboxylic acids is 2. The third kappa shape index (κ3) is 4.88. The zero-order valence-corrected chi connectivity index (χ0v) is 11.8. The van der Waals surface area contributed by atoms with Crippen LogP contribution in [0.2, 0.25) is 0 Å². The van der Waals surface area contributed by atoms with Crippen molar-refractivity contribution in [3.63, 3.8) is 0 Å². The molecule has 0 aliphatic heterocycles. The SMILES string of the molecule is Cc1c(C)c(C)c(C)c(C)c1C.N=C=O.N=C=O. The van der Waals surface area contributed by atoms with Gasteiger partial charge in [-0.3, -0.25) is 0 Å². The number of nitrogens with one attached hydrogen (secondary N) is 2. The zero-order valence-electron chi connectivity index (χ0n) is 11.8. The van der Waals surface area contributed by atoms with E-state index >= 15 is 0 Å². The fourth-order valence-electron chi connectivity index (χ4n) is 1.69. The maximum Gasteiger partial charge on any atom is 0.231 e. The van der Waals surface area contributed by atoms with Gasteiger partial charge in [-0.2, -0.15) is 0 Å². The Bertz CT molecular complexity index is 362. The lowest BCUT2D eigenvalue weighted by atomic mass is 9.90. The van der Waals surface area contributed by atoms with Gasteiger partial charge in [0.05, 0.1) is 0 Å². The lowest BCUT2D eigenvalue weighted by molar-refractivity contribution is 0.562. The van der Waals surface area contributed by atoms with Gasteiger partial charge in [0.25, 0.3) is 0 Å². The minimum Gasteiger partial charge on any atom is -0.222 e. The summed E-state index contributed by atoms with van der Waals surface area (Å²) in [6, 6.07) is 0. The summed E-state index contributed by atoms with van der Waals surface area (Å²) in [4.78, 5) is 16.7. The quantitative estimate of drug-likeness (QED) is 0.545. The predicted octanol–water partition coefficient (Wildman–Crippen LogP) is 3.34. The third-order valence-corrected chi connectivity index (χ3v) is 3.38. The Morgan fingerprint density at radius 2 is 0.611 bits per heavy atom. The summed E-state index contributed by atoms with van der Waals surface area (Å²) in [5, 5.41) is 10.8. The van der Waals surface area contributed by atoms with Crippen LogP contribution in [0.25, 0.3) is 0 Å². The van der Waals surface area contributed by atoms with E-state index in [0.29, 0.717) is 0 Å². The number of hydrogen-bond donors (Lipinski definition) is 2. The first-order valence-corrected chi connectivity index (χ1v) is 5.41. The number of hydrogen-bond acceptors (Lipinski definition) is 4. The molecule has 0 fully saturated rings. The molecule has 4 nitrogen and oxygen atoms in total. The summed E-state index contributed by atoms with van der Waals surface area (Å²) in [6.07, 6.45) is 1.50. The molecule has 0 amide bonds. The first-order chi connectivity index (χ1) is 8.29. The molecular weight excluding hydrogens is 228 g/mol. The molecule has 0 aliphatic carbocycles. The van der Waals surface area contributed by atoms with Crippen LogP contribution in [-0.4, -0.2) is 12.2 Å². The standard InChI is InChI=1S/C12H18.2CHNO/c1-7-8(2)10(4)12(6)11(5)9(7)3;2*2-1-3/h1-6H3;2*2H. The minimum absolute atomic E-state index is 0.750. The van der Waals surface area contributed by atoms with Gasteiger partial charge in [-0.1, -0.05) is 0 Å². The van der Waals surface area contributed by atoms with Crippen molar-refractivity contribution >= 4 is 12.2 Å². The molecule has 1 rings (SSSR count). The van der Waals surface area contributed by atoms with E-state index < -0.39 is 0 Å². The summed E-state index contributed by atoms with van der Waals surface area (Å²) in [6.45, 7) is 13.3. The van der Waals surface area contributed by atoms with E-state index in [2.05, 4.69) is 41.5 Å². The molecule has 0 heterocycles. The van der Waals surface area contributed by atoms with Crippen LogP contribution in [0.5, 0.6) is 0 Å². The van der Waals surface area contributed by atoms with Crippen LogP contribution in [0.3, 0.4) is 0 Å². The first kappa shape index (κ1) is 18.3.